The van der Waals surface area contributed by atoms with Crippen LogP contribution in [0.1, 0.15) is 37.0 Å². The molecule has 0 saturated carbocycles. The first-order valence-corrected chi connectivity index (χ1v) is 6.51. The fourth-order valence-corrected chi connectivity index (χ4v) is 2.48. The van der Waals surface area contributed by atoms with Crippen LogP contribution in [0.15, 0.2) is 18.2 Å². The van der Waals surface area contributed by atoms with Crippen LogP contribution in [0.4, 0.5) is 0 Å². The minimum Gasteiger partial charge on any atom is -0.310 e. The van der Waals surface area contributed by atoms with Crippen LogP contribution in [0.3, 0.4) is 0 Å². The van der Waals surface area contributed by atoms with Gasteiger partial charge in [-0.1, -0.05) is 18.2 Å². The molecule has 2 nitrogen and oxygen atoms in total. The van der Waals surface area contributed by atoms with Crippen molar-refractivity contribution in [1.29, 1.82) is 0 Å². The summed E-state index contributed by atoms with van der Waals surface area (Å²) in [5.41, 5.74) is 4.44. The molecule has 1 fully saturated rings. The van der Waals surface area contributed by atoms with Gasteiger partial charge in [-0.25, -0.2) is 0 Å². The zero-order valence-corrected chi connectivity index (χ0v) is 11.4. The number of benzene rings is 1. The van der Waals surface area contributed by atoms with Crippen molar-refractivity contribution in [1.82, 2.24) is 10.6 Å². The van der Waals surface area contributed by atoms with Crippen LogP contribution in [-0.2, 0) is 6.54 Å². The summed E-state index contributed by atoms with van der Waals surface area (Å²) in [6.45, 7) is 10.9. The van der Waals surface area contributed by atoms with Crippen LogP contribution in [0.25, 0.3) is 0 Å². The van der Waals surface area contributed by atoms with Crippen molar-refractivity contribution in [3.63, 3.8) is 0 Å². The number of rotatable bonds is 3. The molecular formula is C15H24N2. The fourth-order valence-electron chi connectivity index (χ4n) is 2.48. The Balaban J connectivity index is 1.88. The quantitative estimate of drug-likeness (QED) is 0.837. The van der Waals surface area contributed by atoms with Gasteiger partial charge in [0.2, 0.25) is 0 Å². The highest BCUT2D eigenvalue weighted by Gasteiger charge is 2.29. The van der Waals surface area contributed by atoms with Crippen molar-refractivity contribution in [3.8, 4) is 0 Å². The summed E-state index contributed by atoms with van der Waals surface area (Å²) < 4.78 is 0. The Morgan fingerprint density at radius 2 is 2.06 bits per heavy atom. The predicted molar refractivity (Wildman–Crippen MR) is 73.2 cm³/mol. The van der Waals surface area contributed by atoms with E-state index in [4.69, 9.17) is 0 Å². The molecule has 2 N–H and O–H groups in total. The van der Waals surface area contributed by atoms with Crippen molar-refractivity contribution in [2.75, 3.05) is 6.54 Å². The molecule has 2 rings (SSSR count). The van der Waals surface area contributed by atoms with Gasteiger partial charge >= 0.3 is 0 Å². The molecule has 0 radical (unpaired) electrons. The highest BCUT2D eigenvalue weighted by Crippen LogP contribution is 2.18. The molecule has 1 atom stereocenters. The van der Waals surface area contributed by atoms with Gasteiger partial charge in [0.05, 0.1) is 0 Å². The molecule has 1 heterocycles. The van der Waals surface area contributed by atoms with Gasteiger partial charge < -0.3 is 10.6 Å². The van der Waals surface area contributed by atoms with Gasteiger partial charge in [0.25, 0.3) is 0 Å². The summed E-state index contributed by atoms with van der Waals surface area (Å²) in [6, 6.07) is 7.33. The summed E-state index contributed by atoms with van der Waals surface area (Å²) in [7, 11) is 0. The number of hydrogen-bond acceptors (Lipinski definition) is 2. The molecule has 17 heavy (non-hydrogen) atoms. The number of aryl methyl sites for hydroxylation is 2. The van der Waals surface area contributed by atoms with E-state index in [0.717, 1.165) is 13.1 Å². The molecule has 1 unspecified atom stereocenters. The standard InChI is InChI=1S/C15H24N2/c1-11-5-6-13(7-12(11)2)9-16-14-8-15(3,4)17-10-14/h5-7,14,16-17H,8-10H2,1-4H3. The first kappa shape index (κ1) is 12.6. The maximum absolute atomic E-state index is 3.64. The van der Waals surface area contributed by atoms with E-state index in [9.17, 15) is 0 Å². The lowest BCUT2D eigenvalue weighted by molar-refractivity contribution is 0.442. The second-order valence-corrected chi connectivity index (χ2v) is 5.97. The average molecular weight is 232 g/mol. The third kappa shape index (κ3) is 3.30. The zero-order valence-electron chi connectivity index (χ0n) is 11.4. The van der Waals surface area contributed by atoms with Gasteiger partial charge in [-0.05, 0) is 50.8 Å². The van der Waals surface area contributed by atoms with E-state index in [-0.39, 0.29) is 0 Å². The van der Waals surface area contributed by atoms with Crippen molar-refractivity contribution >= 4 is 0 Å². The highest BCUT2D eigenvalue weighted by atomic mass is 15.1. The van der Waals surface area contributed by atoms with Crippen LogP contribution in [-0.4, -0.2) is 18.1 Å². The van der Waals surface area contributed by atoms with E-state index in [1.807, 2.05) is 0 Å². The van der Waals surface area contributed by atoms with Crippen LogP contribution < -0.4 is 10.6 Å². The molecule has 0 aliphatic carbocycles. The molecular weight excluding hydrogens is 208 g/mol. The summed E-state index contributed by atoms with van der Waals surface area (Å²) in [5, 5.41) is 7.18. The van der Waals surface area contributed by atoms with E-state index in [2.05, 4.69) is 56.5 Å². The zero-order chi connectivity index (χ0) is 12.5. The van der Waals surface area contributed by atoms with E-state index in [0.29, 0.717) is 11.6 Å². The molecule has 0 bridgehead atoms. The topological polar surface area (TPSA) is 24.1 Å². The predicted octanol–water partition coefficient (Wildman–Crippen LogP) is 2.53. The van der Waals surface area contributed by atoms with E-state index in [1.54, 1.807) is 0 Å². The lowest BCUT2D eigenvalue weighted by Gasteiger charge is -2.17. The Morgan fingerprint density at radius 3 is 2.65 bits per heavy atom. The average Bonchev–Trinajstić information content (AvgIpc) is 2.60. The van der Waals surface area contributed by atoms with Crippen molar-refractivity contribution in [3.05, 3.63) is 34.9 Å². The van der Waals surface area contributed by atoms with Gasteiger partial charge in [0, 0.05) is 24.7 Å². The summed E-state index contributed by atoms with van der Waals surface area (Å²) in [4.78, 5) is 0. The van der Waals surface area contributed by atoms with Gasteiger partial charge in [-0.15, -0.1) is 0 Å². The molecule has 0 amide bonds. The summed E-state index contributed by atoms with van der Waals surface area (Å²) in [6.07, 6.45) is 1.21. The third-order valence-corrected chi connectivity index (χ3v) is 3.75. The Morgan fingerprint density at radius 1 is 1.29 bits per heavy atom. The van der Waals surface area contributed by atoms with Crippen LogP contribution in [0.2, 0.25) is 0 Å². The minimum absolute atomic E-state index is 0.293. The third-order valence-electron chi connectivity index (χ3n) is 3.75. The van der Waals surface area contributed by atoms with Crippen LogP contribution >= 0.6 is 0 Å². The minimum atomic E-state index is 0.293. The second-order valence-electron chi connectivity index (χ2n) is 5.97. The molecule has 0 aromatic heterocycles. The largest absolute Gasteiger partial charge is 0.310 e. The van der Waals surface area contributed by atoms with Crippen LogP contribution in [0, 0.1) is 13.8 Å². The SMILES string of the molecule is Cc1ccc(CNC2CNC(C)(C)C2)cc1C. The highest BCUT2D eigenvalue weighted by molar-refractivity contribution is 5.29. The summed E-state index contributed by atoms with van der Waals surface area (Å²) in [5.74, 6) is 0. The molecule has 2 heteroatoms. The second kappa shape index (κ2) is 4.79. The molecule has 1 aromatic carbocycles. The lowest BCUT2D eigenvalue weighted by Crippen LogP contribution is -2.31. The Hall–Kier alpha value is -0.860. The maximum Gasteiger partial charge on any atom is 0.0213 e. The first-order chi connectivity index (χ1) is 7.96. The van der Waals surface area contributed by atoms with Gasteiger partial charge in [0.1, 0.15) is 0 Å². The van der Waals surface area contributed by atoms with E-state index < -0.39 is 0 Å². The first-order valence-electron chi connectivity index (χ1n) is 6.51. The molecule has 1 aliphatic rings. The molecule has 1 saturated heterocycles. The summed E-state index contributed by atoms with van der Waals surface area (Å²) >= 11 is 0. The van der Waals surface area contributed by atoms with Crippen molar-refractivity contribution in [2.45, 2.75) is 52.2 Å². The molecule has 1 aromatic rings. The van der Waals surface area contributed by atoms with Crippen molar-refractivity contribution < 1.29 is 0 Å². The molecule has 1 aliphatic heterocycles. The number of nitrogens with one attached hydrogen (secondary N) is 2. The van der Waals surface area contributed by atoms with Crippen molar-refractivity contribution in [2.24, 2.45) is 0 Å². The molecule has 94 valence electrons. The Labute approximate surface area is 105 Å². The van der Waals surface area contributed by atoms with E-state index in [1.165, 1.54) is 23.1 Å². The molecule has 0 spiro atoms. The Kier molecular flexibility index (Phi) is 3.55. The van der Waals surface area contributed by atoms with Gasteiger partial charge in [-0.3, -0.25) is 0 Å². The lowest BCUT2D eigenvalue weighted by atomic mass is 10.0. The van der Waals surface area contributed by atoms with Crippen LogP contribution in [0.5, 0.6) is 0 Å². The smallest absolute Gasteiger partial charge is 0.0213 e. The van der Waals surface area contributed by atoms with Gasteiger partial charge in [0.15, 0.2) is 0 Å². The van der Waals surface area contributed by atoms with Gasteiger partial charge in [-0.2, -0.15) is 0 Å². The number of hydrogen-bond donors (Lipinski definition) is 2. The Bertz CT molecular complexity index is 396. The van der Waals surface area contributed by atoms with E-state index >= 15 is 0 Å². The fraction of sp³-hybridized carbons (Fsp3) is 0.600. The normalized spacial score (nSPS) is 22.9. The maximum atomic E-state index is 3.64. The monoisotopic (exact) mass is 232 g/mol.